The third-order valence-corrected chi connectivity index (χ3v) is 2.97. The van der Waals surface area contributed by atoms with Crippen molar-refractivity contribution in [3.63, 3.8) is 0 Å². The van der Waals surface area contributed by atoms with Crippen molar-refractivity contribution in [2.45, 2.75) is 26.2 Å². The van der Waals surface area contributed by atoms with Crippen molar-refractivity contribution in [3.8, 4) is 0 Å². The van der Waals surface area contributed by atoms with Crippen LogP contribution in [-0.4, -0.2) is 24.0 Å². The monoisotopic (exact) mass is 233 g/mol. The fourth-order valence-electron chi connectivity index (χ4n) is 1.82. The van der Waals surface area contributed by atoms with Gasteiger partial charge in [0.1, 0.15) is 0 Å². The summed E-state index contributed by atoms with van der Waals surface area (Å²) >= 11 is 0. The molecule has 1 saturated carbocycles. The lowest BCUT2D eigenvalue weighted by atomic mass is 10.2. The van der Waals surface area contributed by atoms with Crippen molar-refractivity contribution in [1.29, 1.82) is 0 Å². The molecule has 1 aromatic heterocycles. The summed E-state index contributed by atoms with van der Waals surface area (Å²) in [5.74, 6) is 0.838. The topological polar surface area (TPSA) is 54.0 Å². The van der Waals surface area contributed by atoms with Crippen molar-refractivity contribution in [3.05, 3.63) is 24.0 Å². The molecule has 0 aromatic carbocycles. The smallest absolute Gasteiger partial charge is 0.253 e. The predicted molar refractivity (Wildman–Crippen MR) is 68.1 cm³/mol. The van der Waals surface area contributed by atoms with E-state index < -0.39 is 0 Å². The molecule has 0 radical (unpaired) electrons. The Morgan fingerprint density at radius 1 is 1.53 bits per heavy atom. The maximum absolute atomic E-state index is 12.0. The summed E-state index contributed by atoms with van der Waals surface area (Å²) in [7, 11) is 0. The van der Waals surface area contributed by atoms with Crippen LogP contribution in [0.4, 0.5) is 5.69 Å². The minimum atomic E-state index is -0.0102. The van der Waals surface area contributed by atoms with Gasteiger partial charge < -0.3 is 10.6 Å². The first-order valence-electron chi connectivity index (χ1n) is 6.27. The van der Waals surface area contributed by atoms with Gasteiger partial charge in [-0.25, -0.2) is 0 Å². The van der Waals surface area contributed by atoms with E-state index >= 15 is 0 Å². The molecule has 4 heteroatoms. The molecule has 4 nitrogen and oxygen atoms in total. The van der Waals surface area contributed by atoms with E-state index in [0.29, 0.717) is 5.56 Å². The number of hydrogen-bond donors (Lipinski definition) is 2. The Kier molecular flexibility index (Phi) is 3.96. The van der Waals surface area contributed by atoms with Crippen LogP contribution in [0.3, 0.4) is 0 Å². The van der Waals surface area contributed by atoms with Gasteiger partial charge in [-0.15, -0.1) is 0 Å². The standard InChI is InChI=1S/C13H19N3O/c1-2-15-12-9-14-7-6-11(12)13(17)16-8-5-10-3-4-10/h6-7,9-10,15H,2-5,8H2,1H3,(H,16,17). The van der Waals surface area contributed by atoms with E-state index in [2.05, 4.69) is 15.6 Å². The Morgan fingerprint density at radius 3 is 3.06 bits per heavy atom. The van der Waals surface area contributed by atoms with E-state index in [1.54, 1.807) is 18.5 Å². The lowest BCUT2D eigenvalue weighted by molar-refractivity contribution is 0.0953. The van der Waals surface area contributed by atoms with Gasteiger partial charge in [0.25, 0.3) is 5.91 Å². The van der Waals surface area contributed by atoms with Gasteiger partial charge in [-0.3, -0.25) is 9.78 Å². The second-order valence-corrected chi connectivity index (χ2v) is 4.44. The number of amides is 1. The molecule has 1 fully saturated rings. The van der Waals surface area contributed by atoms with E-state index in [1.165, 1.54) is 12.8 Å². The van der Waals surface area contributed by atoms with E-state index in [4.69, 9.17) is 0 Å². The summed E-state index contributed by atoms with van der Waals surface area (Å²) in [6.45, 7) is 3.56. The number of hydrogen-bond acceptors (Lipinski definition) is 3. The van der Waals surface area contributed by atoms with Crippen molar-refractivity contribution < 1.29 is 4.79 Å². The fraction of sp³-hybridized carbons (Fsp3) is 0.538. The van der Waals surface area contributed by atoms with Crippen LogP contribution in [0, 0.1) is 5.92 Å². The first-order valence-corrected chi connectivity index (χ1v) is 6.27. The quantitative estimate of drug-likeness (QED) is 0.790. The molecule has 1 aromatic rings. The number of anilines is 1. The number of nitrogens with zero attached hydrogens (tertiary/aromatic N) is 1. The van der Waals surface area contributed by atoms with Crippen LogP contribution in [0.15, 0.2) is 18.5 Å². The Bertz CT molecular complexity index is 388. The normalized spacial score (nSPS) is 14.4. The summed E-state index contributed by atoms with van der Waals surface area (Å²) in [6.07, 6.45) is 7.10. The van der Waals surface area contributed by atoms with E-state index in [-0.39, 0.29) is 5.91 Å². The number of aromatic nitrogens is 1. The first kappa shape index (κ1) is 11.9. The molecule has 1 aliphatic carbocycles. The van der Waals surface area contributed by atoms with Gasteiger partial charge in [0.2, 0.25) is 0 Å². The summed E-state index contributed by atoms with van der Waals surface area (Å²) < 4.78 is 0. The van der Waals surface area contributed by atoms with Gasteiger partial charge in [-0.05, 0) is 25.3 Å². The molecular formula is C13H19N3O. The Labute approximate surface area is 102 Å². The maximum atomic E-state index is 12.0. The summed E-state index contributed by atoms with van der Waals surface area (Å²) in [5.41, 5.74) is 1.48. The number of pyridine rings is 1. The van der Waals surface area contributed by atoms with Gasteiger partial charge in [-0.2, -0.15) is 0 Å². The van der Waals surface area contributed by atoms with Crippen LogP contribution in [0.1, 0.15) is 36.5 Å². The van der Waals surface area contributed by atoms with Crippen LogP contribution in [-0.2, 0) is 0 Å². The number of nitrogens with one attached hydrogen (secondary N) is 2. The van der Waals surface area contributed by atoms with Gasteiger partial charge >= 0.3 is 0 Å². The average Bonchev–Trinajstić information content (AvgIpc) is 3.14. The molecule has 1 heterocycles. The number of rotatable bonds is 6. The third kappa shape index (κ3) is 3.44. The molecule has 0 bridgehead atoms. The molecule has 17 heavy (non-hydrogen) atoms. The van der Waals surface area contributed by atoms with Gasteiger partial charge in [0.15, 0.2) is 0 Å². The molecule has 0 spiro atoms. The minimum Gasteiger partial charge on any atom is -0.383 e. The van der Waals surface area contributed by atoms with Crippen LogP contribution >= 0.6 is 0 Å². The Balaban J connectivity index is 1.91. The zero-order chi connectivity index (χ0) is 12.1. The van der Waals surface area contributed by atoms with Crippen LogP contribution in [0.2, 0.25) is 0 Å². The molecule has 0 saturated heterocycles. The van der Waals surface area contributed by atoms with E-state index in [1.807, 2.05) is 6.92 Å². The second kappa shape index (κ2) is 5.66. The lowest BCUT2D eigenvalue weighted by Crippen LogP contribution is -2.25. The highest BCUT2D eigenvalue weighted by Crippen LogP contribution is 2.31. The molecule has 1 aliphatic rings. The highest BCUT2D eigenvalue weighted by atomic mass is 16.1. The zero-order valence-corrected chi connectivity index (χ0v) is 10.2. The third-order valence-electron chi connectivity index (χ3n) is 2.97. The highest BCUT2D eigenvalue weighted by Gasteiger charge is 2.21. The molecule has 0 atom stereocenters. The predicted octanol–water partition coefficient (Wildman–Crippen LogP) is 2.04. The largest absolute Gasteiger partial charge is 0.383 e. The average molecular weight is 233 g/mol. The summed E-state index contributed by atoms with van der Waals surface area (Å²) in [5, 5.41) is 6.11. The van der Waals surface area contributed by atoms with Gasteiger partial charge in [0, 0.05) is 19.3 Å². The van der Waals surface area contributed by atoms with Crippen LogP contribution in [0.5, 0.6) is 0 Å². The number of carbonyl (C=O) groups is 1. The summed E-state index contributed by atoms with van der Waals surface area (Å²) in [4.78, 5) is 16.0. The van der Waals surface area contributed by atoms with Gasteiger partial charge in [-0.1, -0.05) is 12.8 Å². The lowest BCUT2D eigenvalue weighted by Gasteiger charge is -2.10. The minimum absolute atomic E-state index is 0.0102. The SMILES string of the molecule is CCNc1cnccc1C(=O)NCCC1CC1. The van der Waals surface area contributed by atoms with E-state index in [9.17, 15) is 4.79 Å². The summed E-state index contributed by atoms with van der Waals surface area (Å²) in [6, 6.07) is 1.75. The Hall–Kier alpha value is -1.58. The number of carbonyl (C=O) groups excluding carboxylic acids is 1. The second-order valence-electron chi connectivity index (χ2n) is 4.44. The zero-order valence-electron chi connectivity index (χ0n) is 10.2. The Morgan fingerprint density at radius 2 is 2.35 bits per heavy atom. The van der Waals surface area contributed by atoms with Crippen molar-refractivity contribution in [2.24, 2.45) is 5.92 Å². The molecule has 2 rings (SSSR count). The molecule has 2 N–H and O–H groups in total. The maximum Gasteiger partial charge on any atom is 0.253 e. The molecule has 1 amide bonds. The van der Waals surface area contributed by atoms with Gasteiger partial charge in [0.05, 0.1) is 17.4 Å². The molecule has 0 unspecified atom stereocenters. The van der Waals surface area contributed by atoms with Crippen LogP contribution in [0.25, 0.3) is 0 Å². The van der Waals surface area contributed by atoms with Crippen molar-refractivity contribution in [2.75, 3.05) is 18.4 Å². The fourth-order valence-corrected chi connectivity index (χ4v) is 1.82. The first-order chi connectivity index (χ1) is 8.31. The van der Waals surface area contributed by atoms with Crippen molar-refractivity contribution in [1.82, 2.24) is 10.3 Å². The molecule has 0 aliphatic heterocycles. The molecular weight excluding hydrogens is 214 g/mol. The van der Waals surface area contributed by atoms with Crippen molar-refractivity contribution >= 4 is 11.6 Å². The molecule has 92 valence electrons. The highest BCUT2D eigenvalue weighted by molar-refractivity contribution is 5.99. The van der Waals surface area contributed by atoms with E-state index in [0.717, 1.165) is 31.1 Å². The van der Waals surface area contributed by atoms with Crippen LogP contribution < -0.4 is 10.6 Å².